The number of nitrogens with two attached hydrogens (primary N) is 1. The smallest absolute Gasteiger partial charge is 0.225 e. The predicted octanol–water partition coefficient (Wildman–Crippen LogP) is 2.41. The highest BCUT2D eigenvalue weighted by Crippen LogP contribution is 2.29. The second-order valence-electron chi connectivity index (χ2n) is 6.30. The summed E-state index contributed by atoms with van der Waals surface area (Å²) in [6.07, 6.45) is 0. The quantitative estimate of drug-likeness (QED) is 0.702. The molecule has 0 saturated carbocycles. The van der Waals surface area contributed by atoms with Crippen molar-refractivity contribution in [3.63, 3.8) is 0 Å². The fourth-order valence-corrected chi connectivity index (χ4v) is 3.39. The van der Waals surface area contributed by atoms with Gasteiger partial charge in [0.25, 0.3) is 0 Å². The lowest BCUT2D eigenvalue weighted by Gasteiger charge is -2.37. The maximum Gasteiger partial charge on any atom is 0.225 e. The van der Waals surface area contributed by atoms with Gasteiger partial charge in [0.15, 0.2) is 5.11 Å². The molecule has 0 radical (unpaired) electrons. The summed E-state index contributed by atoms with van der Waals surface area (Å²) in [4.78, 5) is 11.9. The second-order valence-corrected chi connectivity index (χ2v) is 6.70. The summed E-state index contributed by atoms with van der Waals surface area (Å²) in [6.45, 7) is 2.23. The molecule has 0 aliphatic carbocycles. The average molecular weight is 373 g/mol. The first-order valence-corrected chi connectivity index (χ1v) is 8.68. The Morgan fingerprint density at radius 3 is 2.42 bits per heavy atom. The molecule has 0 aromatic heterocycles. The van der Waals surface area contributed by atoms with Crippen LogP contribution in [0.25, 0.3) is 0 Å². The van der Waals surface area contributed by atoms with Crippen molar-refractivity contribution in [3.8, 4) is 5.75 Å². The number of hydrogen-bond donors (Lipinski definition) is 3. The lowest BCUT2D eigenvalue weighted by Crippen LogP contribution is -2.58. The van der Waals surface area contributed by atoms with Crippen LogP contribution >= 0.6 is 12.2 Å². The molecule has 1 aliphatic heterocycles. The van der Waals surface area contributed by atoms with E-state index in [4.69, 9.17) is 22.7 Å². The van der Waals surface area contributed by atoms with Crippen LogP contribution in [0.3, 0.4) is 0 Å². The van der Waals surface area contributed by atoms with Crippen molar-refractivity contribution in [3.05, 3.63) is 65.5 Å². The fraction of sp³-hybridized carbons (Fsp3) is 0.263. The summed E-state index contributed by atoms with van der Waals surface area (Å²) in [7, 11) is 0. The number of rotatable bonds is 5. The zero-order valence-electron chi connectivity index (χ0n) is 14.2. The van der Waals surface area contributed by atoms with E-state index in [9.17, 15) is 9.18 Å². The molecule has 136 valence electrons. The molecular formula is C19H20FN3O2S. The average Bonchev–Trinajstić information content (AvgIpc) is 2.60. The maximum absolute atomic E-state index is 12.9. The van der Waals surface area contributed by atoms with Crippen molar-refractivity contribution < 1.29 is 13.9 Å². The third kappa shape index (κ3) is 4.11. The van der Waals surface area contributed by atoms with Gasteiger partial charge in [0.05, 0.1) is 12.0 Å². The van der Waals surface area contributed by atoms with Crippen molar-refractivity contribution in [1.29, 1.82) is 0 Å². The molecule has 1 aliphatic rings. The minimum atomic E-state index is -0.423. The van der Waals surface area contributed by atoms with Gasteiger partial charge in [0.1, 0.15) is 18.2 Å². The molecule has 1 saturated heterocycles. The van der Waals surface area contributed by atoms with Gasteiger partial charge in [-0.3, -0.25) is 4.79 Å². The Labute approximate surface area is 156 Å². The lowest BCUT2D eigenvalue weighted by atomic mass is 9.85. The summed E-state index contributed by atoms with van der Waals surface area (Å²) < 4.78 is 18.6. The molecule has 3 atom stereocenters. The Morgan fingerprint density at radius 1 is 1.15 bits per heavy atom. The van der Waals surface area contributed by atoms with Gasteiger partial charge in [-0.05, 0) is 54.5 Å². The Morgan fingerprint density at radius 2 is 1.81 bits per heavy atom. The first-order chi connectivity index (χ1) is 12.4. The van der Waals surface area contributed by atoms with E-state index in [1.807, 2.05) is 31.2 Å². The first kappa shape index (κ1) is 18.1. The number of thiocarbonyl (C=S) groups is 1. The van der Waals surface area contributed by atoms with E-state index in [-0.39, 0.29) is 23.8 Å². The van der Waals surface area contributed by atoms with Gasteiger partial charge in [-0.2, -0.15) is 0 Å². The molecule has 3 unspecified atom stereocenters. The van der Waals surface area contributed by atoms with Crippen molar-refractivity contribution in [2.45, 2.75) is 25.6 Å². The molecule has 1 heterocycles. The van der Waals surface area contributed by atoms with Crippen LogP contribution in [-0.4, -0.2) is 17.1 Å². The van der Waals surface area contributed by atoms with Gasteiger partial charge in [-0.25, -0.2) is 4.39 Å². The lowest BCUT2D eigenvalue weighted by molar-refractivity contribution is -0.123. The number of benzene rings is 2. The number of amides is 1. The first-order valence-electron chi connectivity index (χ1n) is 8.27. The third-order valence-corrected chi connectivity index (χ3v) is 4.67. The van der Waals surface area contributed by atoms with Crippen LogP contribution in [0.4, 0.5) is 4.39 Å². The number of ether oxygens (including phenoxy) is 1. The highest BCUT2D eigenvalue weighted by atomic mass is 32.1. The summed E-state index contributed by atoms with van der Waals surface area (Å²) in [5.41, 5.74) is 7.35. The van der Waals surface area contributed by atoms with Gasteiger partial charge in [-0.1, -0.05) is 24.3 Å². The van der Waals surface area contributed by atoms with Crippen LogP contribution in [0, 0.1) is 11.7 Å². The van der Waals surface area contributed by atoms with E-state index in [0.717, 1.165) is 11.1 Å². The number of halogens is 1. The molecule has 1 amide bonds. The number of carbonyl (C=O) groups is 1. The number of primary amides is 1. The Kier molecular flexibility index (Phi) is 5.37. The van der Waals surface area contributed by atoms with Crippen LogP contribution in [0.15, 0.2) is 48.5 Å². The monoisotopic (exact) mass is 373 g/mol. The normalized spacial score (nSPS) is 22.2. The molecule has 3 rings (SSSR count). The Hall–Kier alpha value is -2.67. The van der Waals surface area contributed by atoms with Gasteiger partial charge in [0, 0.05) is 6.04 Å². The Balaban J connectivity index is 1.70. The van der Waals surface area contributed by atoms with E-state index < -0.39 is 5.92 Å². The number of nitrogens with one attached hydrogen (secondary N) is 2. The number of carbonyl (C=O) groups excluding carboxylic acids is 1. The van der Waals surface area contributed by atoms with E-state index >= 15 is 0 Å². The standard InChI is InChI=1S/C19H20FN3O2S/c1-11-16(18(21)24)17(23-19(26)22-11)13-4-8-15(9-5-13)25-10-12-2-6-14(20)7-3-12/h2-9,11,16-17H,10H2,1H3,(H2,21,24)(H2,22,23,26). The van der Waals surface area contributed by atoms with E-state index in [0.29, 0.717) is 17.5 Å². The minimum absolute atomic E-state index is 0.152. The van der Waals surface area contributed by atoms with Crippen molar-refractivity contribution in [1.82, 2.24) is 10.6 Å². The third-order valence-electron chi connectivity index (χ3n) is 4.43. The zero-order valence-corrected chi connectivity index (χ0v) is 15.1. The SMILES string of the molecule is CC1NC(=S)NC(c2ccc(OCc3ccc(F)cc3)cc2)C1C(N)=O. The van der Waals surface area contributed by atoms with Crippen LogP contribution < -0.4 is 21.1 Å². The second kappa shape index (κ2) is 7.70. The van der Waals surface area contributed by atoms with E-state index in [1.165, 1.54) is 12.1 Å². The summed E-state index contributed by atoms with van der Waals surface area (Å²) in [5, 5.41) is 6.65. The van der Waals surface area contributed by atoms with Crippen LogP contribution in [-0.2, 0) is 11.4 Å². The van der Waals surface area contributed by atoms with Crippen molar-refractivity contribution >= 4 is 23.2 Å². The molecule has 26 heavy (non-hydrogen) atoms. The van der Waals surface area contributed by atoms with Gasteiger partial charge < -0.3 is 21.1 Å². The van der Waals surface area contributed by atoms with Crippen molar-refractivity contribution in [2.75, 3.05) is 0 Å². The molecule has 0 bridgehead atoms. The Bertz CT molecular complexity index is 795. The highest BCUT2D eigenvalue weighted by molar-refractivity contribution is 7.80. The summed E-state index contributed by atoms with van der Waals surface area (Å²) in [5.74, 6) is -0.406. The van der Waals surface area contributed by atoms with Gasteiger partial charge in [-0.15, -0.1) is 0 Å². The van der Waals surface area contributed by atoms with E-state index in [1.54, 1.807) is 12.1 Å². The van der Waals surface area contributed by atoms with E-state index in [2.05, 4.69) is 10.6 Å². The largest absolute Gasteiger partial charge is 0.489 e. The summed E-state index contributed by atoms with van der Waals surface area (Å²) >= 11 is 5.20. The maximum atomic E-state index is 12.9. The topological polar surface area (TPSA) is 76.4 Å². The van der Waals surface area contributed by atoms with Crippen LogP contribution in [0.1, 0.15) is 24.1 Å². The molecular weight excluding hydrogens is 353 g/mol. The molecule has 2 aromatic carbocycles. The molecule has 7 heteroatoms. The van der Waals surface area contributed by atoms with Crippen LogP contribution in [0.2, 0.25) is 0 Å². The summed E-state index contributed by atoms with van der Waals surface area (Å²) in [6, 6.07) is 13.1. The van der Waals surface area contributed by atoms with Gasteiger partial charge in [0.2, 0.25) is 5.91 Å². The van der Waals surface area contributed by atoms with Gasteiger partial charge >= 0.3 is 0 Å². The minimum Gasteiger partial charge on any atom is -0.489 e. The fourth-order valence-electron chi connectivity index (χ4n) is 3.08. The molecule has 5 nitrogen and oxygen atoms in total. The number of hydrogen-bond acceptors (Lipinski definition) is 3. The zero-order chi connectivity index (χ0) is 18.7. The predicted molar refractivity (Wildman–Crippen MR) is 101 cm³/mol. The molecule has 2 aromatic rings. The highest BCUT2D eigenvalue weighted by Gasteiger charge is 2.37. The molecule has 0 spiro atoms. The molecule has 4 N–H and O–H groups in total. The van der Waals surface area contributed by atoms with Crippen LogP contribution in [0.5, 0.6) is 5.75 Å². The van der Waals surface area contributed by atoms with Crippen molar-refractivity contribution in [2.24, 2.45) is 11.7 Å². The molecule has 1 fully saturated rings.